The number of pyridine rings is 1. The third-order valence-corrected chi connectivity index (χ3v) is 4.48. The van der Waals surface area contributed by atoms with Crippen molar-refractivity contribution in [2.24, 2.45) is 0 Å². The van der Waals surface area contributed by atoms with Gasteiger partial charge in [-0.25, -0.2) is 0 Å². The lowest BCUT2D eigenvalue weighted by atomic mass is 10.2. The SMILES string of the molecule is COc1ccccc1C(=O)n1nc(-c2ccccn2)cc1NCc1ccccc1. The molecule has 2 aromatic heterocycles. The van der Waals surface area contributed by atoms with E-state index in [4.69, 9.17) is 4.74 Å². The molecule has 144 valence electrons. The van der Waals surface area contributed by atoms with Crippen LogP contribution in [0.3, 0.4) is 0 Å². The molecule has 6 nitrogen and oxygen atoms in total. The fraction of sp³-hybridized carbons (Fsp3) is 0.0870. The average molecular weight is 384 g/mol. The largest absolute Gasteiger partial charge is 0.496 e. The minimum Gasteiger partial charge on any atom is -0.496 e. The fourth-order valence-corrected chi connectivity index (χ4v) is 3.03. The Hall–Kier alpha value is -3.93. The molecular weight excluding hydrogens is 364 g/mol. The van der Waals surface area contributed by atoms with Gasteiger partial charge in [0.1, 0.15) is 17.3 Å². The van der Waals surface area contributed by atoms with Crippen LogP contribution in [0.15, 0.2) is 85.1 Å². The summed E-state index contributed by atoms with van der Waals surface area (Å²) in [5.41, 5.74) is 2.85. The summed E-state index contributed by atoms with van der Waals surface area (Å²) in [6, 6.07) is 24.5. The summed E-state index contributed by atoms with van der Waals surface area (Å²) in [6.45, 7) is 0.563. The van der Waals surface area contributed by atoms with E-state index in [2.05, 4.69) is 15.4 Å². The Morgan fingerprint density at radius 3 is 2.48 bits per heavy atom. The van der Waals surface area contributed by atoms with Crippen LogP contribution >= 0.6 is 0 Å². The standard InChI is InChI=1S/C23H20N4O2/c1-29-21-13-6-5-11-18(21)23(28)27-22(25-16-17-9-3-2-4-10-17)15-20(26-27)19-12-7-8-14-24-19/h2-15,25H,16H2,1H3. The molecule has 2 aromatic carbocycles. The van der Waals surface area contributed by atoms with E-state index in [1.165, 1.54) is 4.68 Å². The van der Waals surface area contributed by atoms with Gasteiger partial charge in [0.2, 0.25) is 0 Å². The highest BCUT2D eigenvalue weighted by Crippen LogP contribution is 2.24. The van der Waals surface area contributed by atoms with Gasteiger partial charge in [0, 0.05) is 18.8 Å². The van der Waals surface area contributed by atoms with Crippen molar-refractivity contribution in [2.75, 3.05) is 12.4 Å². The lowest BCUT2D eigenvalue weighted by Gasteiger charge is -2.11. The van der Waals surface area contributed by atoms with Crippen molar-refractivity contribution in [3.8, 4) is 17.1 Å². The normalized spacial score (nSPS) is 10.5. The number of hydrogen-bond donors (Lipinski definition) is 1. The summed E-state index contributed by atoms with van der Waals surface area (Å²) in [5.74, 6) is 0.812. The second-order valence-electron chi connectivity index (χ2n) is 6.39. The molecule has 6 heteroatoms. The van der Waals surface area contributed by atoms with Crippen LogP contribution in [-0.2, 0) is 6.54 Å². The van der Waals surface area contributed by atoms with Gasteiger partial charge in [-0.2, -0.15) is 9.78 Å². The van der Waals surface area contributed by atoms with Crippen LogP contribution in [0.5, 0.6) is 5.75 Å². The van der Waals surface area contributed by atoms with E-state index in [0.29, 0.717) is 35.1 Å². The maximum absolute atomic E-state index is 13.3. The van der Waals surface area contributed by atoms with Crippen molar-refractivity contribution >= 4 is 11.7 Å². The Bertz CT molecular complexity index is 1110. The highest BCUT2D eigenvalue weighted by atomic mass is 16.5. The van der Waals surface area contributed by atoms with Crippen LogP contribution in [0.25, 0.3) is 11.4 Å². The van der Waals surface area contributed by atoms with E-state index in [-0.39, 0.29) is 5.91 Å². The van der Waals surface area contributed by atoms with Crippen molar-refractivity contribution in [2.45, 2.75) is 6.54 Å². The van der Waals surface area contributed by atoms with Crippen molar-refractivity contribution in [1.29, 1.82) is 0 Å². The Morgan fingerprint density at radius 2 is 1.72 bits per heavy atom. The molecule has 0 saturated heterocycles. The number of rotatable bonds is 6. The Balaban J connectivity index is 1.72. The summed E-state index contributed by atoms with van der Waals surface area (Å²) in [7, 11) is 1.54. The number of carbonyl (C=O) groups is 1. The smallest absolute Gasteiger partial charge is 0.283 e. The maximum atomic E-state index is 13.3. The molecule has 0 saturated carbocycles. The fourth-order valence-electron chi connectivity index (χ4n) is 3.03. The first-order valence-electron chi connectivity index (χ1n) is 9.23. The number of carbonyl (C=O) groups excluding carboxylic acids is 1. The van der Waals surface area contributed by atoms with E-state index in [1.54, 1.807) is 31.5 Å². The van der Waals surface area contributed by atoms with Crippen LogP contribution in [0.2, 0.25) is 0 Å². The van der Waals surface area contributed by atoms with Gasteiger partial charge in [0.05, 0.1) is 18.4 Å². The number of para-hydroxylation sites is 1. The van der Waals surface area contributed by atoms with Crippen molar-refractivity contribution in [3.05, 3.63) is 96.2 Å². The summed E-state index contributed by atoms with van der Waals surface area (Å²) in [6.07, 6.45) is 1.70. The number of aromatic nitrogens is 3. The highest BCUT2D eigenvalue weighted by molar-refractivity contribution is 6.00. The number of nitrogens with zero attached hydrogens (tertiary/aromatic N) is 3. The predicted molar refractivity (Wildman–Crippen MR) is 112 cm³/mol. The van der Waals surface area contributed by atoms with Gasteiger partial charge in [-0.05, 0) is 29.8 Å². The van der Waals surface area contributed by atoms with Crippen LogP contribution in [-0.4, -0.2) is 27.8 Å². The highest BCUT2D eigenvalue weighted by Gasteiger charge is 2.20. The first-order chi connectivity index (χ1) is 14.3. The van der Waals surface area contributed by atoms with E-state index >= 15 is 0 Å². The number of ether oxygens (including phenoxy) is 1. The third kappa shape index (κ3) is 4.01. The van der Waals surface area contributed by atoms with Gasteiger partial charge in [0.15, 0.2) is 0 Å². The average Bonchev–Trinajstić information content (AvgIpc) is 3.23. The zero-order chi connectivity index (χ0) is 20.1. The Kier molecular flexibility index (Phi) is 5.33. The van der Waals surface area contributed by atoms with Gasteiger partial charge in [0.25, 0.3) is 5.91 Å². The summed E-state index contributed by atoms with van der Waals surface area (Å²) < 4.78 is 6.72. The Labute approximate surface area is 168 Å². The number of anilines is 1. The molecule has 0 aliphatic rings. The van der Waals surface area contributed by atoms with Crippen molar-refractivity contribution < 1.29 is 9.53 Å². The molecule has 4 rings (SSSR count). The zero-order valence-electron chi connectivity index (χ0n) is 15.9. The molecule has 0 atom stereocenters. The van der Waals surface area contributed by atoms with Gasteiger partial charge < -0.3 is 10.1 Å². The molecule has 4 aromatic rings. The van der Waals surface area contributed by atoms with Gasteiger partial charge in [-0.1, -0.05) is 48.5 Å². The quantitative estimate of drug-likeness (QED) is 0.538. The van der Waals surface area contributed by atoms with E-state index in [9.17, 15) is 4.79 Å². The third-order valence-electron chi connectivity index (χ3n) is 4.48. The predicted octanol–water partition coefficient (Wildman–Crippen LogP) is 4.25. The van der Waals surface area contributed by atoms with Gasteiger partial charge in [-0.15, -0.1) is 0 Å². The van der Waals surface area contributed by atoms with E-state index < -0.39 is 0 Å². The molecule has 2 heterocycles. The lowest BCUT2D eigenvalue weighted by molar-refractivity contribution is 0.0945. The minimum absolute atomic E-state index is 0.278. The van der Waals surface area contributed by atoms with Crippen LogP contribution < -0.4 is 10.1 Å². The number of nitrogens with one attached hydrogen (secondary N) is 1. The maximum Gasteiger partial charge on any atom is 0.283 e. The Morgan fingerprint density at radius 1 is 0.966 bits per heavy atom. The number of benzene rings is 2. The van der Waals surface area contributed by atoms with Gasteiger partial charge in [-0.3, -0.25) is 9.78 Å². The molecule has 0 aliphatic carbocycles. The molecule has 0 fully saturated rings. The number of methoxy groups -OCH3 is 1. The molecule has 0 aliphatic heterocycles. The molecular formula is C23H20N4O2. The molecule has 0 radical (unpaired) electrons. The zero-order valence-corrected chi connectivity index (χ0v) is 15.9. The monoisotopic (exact) mass is 384 g/mol. The van der Waals surface area contributed by atoms with Gasteiger partial charge >= 0.3 is 0 Å². The van der Waals surface area contributed by atoms with E-state index in [1.807, 2.05) is 60.7 Å². The van der Waals surface area contributed by atoms with Crippen molar-refractivity contribution in [1.82, 2.24) is 14.8 Å². The summed E-state index contributed by atoms with van der Waals surface area (Å²) >= 11 is 0. The van der Waals surface area contributed by atoms with Crippen molar-refractivity contribution in [3.63, 3.8) is 0 Å². The molecule has 0 amide bonds. The molecule has 29 heavy (non-hydrogen) atoms. The first kappa shape index (κ1) is 18.4. The second-order valence-corrected chi connectivity index (χ2v) is 6.39. The topological polar surface area (TPSA) is 69.0 Å². The summed E-state index contributed by atoms with van der Waals surface area (Å²) in [5, 5.41) is 7.85. The molecule has 1 N–H and O–H groups in total. The van der Waals surface area contributed by atoms with Crippen LogP contribution in [0, 0.1) is 0 Å². The summed E-state index contributed by atoms with van der Waals surface area (Å²) in [4.78, 5) is 17.6. The molecule has 0 spiro atoms. The minimum atomic E-state index is -0.278. The lowest BCUT2D eigenvalue weighted by Crippen LogP contribution is -2.18. The molecule has 0 unspecified atom stereocenters. The molecule has 0 bridgehead atoms. The van der Waals surface area contributed by atoms with Crippen LogP contribution in [0.1, 0.15) is 15.9 Å². The van der Waals surface area contributed by atoms with Crippen LogP contribution in [0.4, 0.5) is 5.82 Å². The van der Waals surface area contributed by atoms with E-state index in [0.717, 1.165) is 5.56 Å². The number of hydrogen-bond acceptors (Lipinski definition) is 5. The second kappa shape index (κ2) is 8.39. The first-order valence-corrected chi connectivity index (χ1v) is 9.23.